The topological polar surface area (TPSA) is 68.2 Å². The van der Waals surface area contributed by atoms with E-state index in [0.29, 0.717) is 33.0 Å². The summed E-state index contributed by atoms with van der Waals surface area (Å²) < 4.78 is 15.2. The van der Waals surface area contributed by atoms with Gasteiger partial charge in [0.1, 0.15) is 0 Å². The average molecular weight is 243 g/mol. The van der Waals surface area contributed by atoms with Crippen LogP contribution >= 0.6 is 11.6 Å². The summed E-state index contributed by atoms with van der Waals surface area (Å²) in [6.07, 6.45) is -0.612. The molecule has 0 bridgehead atoms. The van der Waals surface area contributed by atoms with E-state index in [9.17, 15) is 0 Å². The molecule has 5 nitrogen and oxygen atoms in total. The van der Waals surface area contributed by atoms with Crippen molar-refractivity contribution in [1.29, 1.82) is 0 Å². The molecule has 0 saturated heterocycles. The van der Waals surface area contributed by atoms with Crippen LogP contribution in [0.4, 0.5) is 0 Å². The molecule has 0 saturated carbocycles. The van der Waals surface area contributed by atoms with Gasteiger partial charge >= 0.3 is 0 Å². The first-order valence-corrected chi connectivity index (χ1v) is 5.42. The molecule has 0 aliphatic rings. The van der Waals surface area contributed by atoms with Gasteiger partial charge in [-0.15, -0.1) is 11.6 Å². The van der Waals surface area contributed by atoms with E-state index in [1.165, 1.54) is 0 Å². The van der Waals surface area contributed by atoms with Crippen molar-refractivity contribution in [3.63, 3.8) is 0 Å². The summed E-state index contributed by atoms with van der Waals surface area (Å²) in [5.41, 5.74) is 0. The molecule has 0 fully saturated rings. The van der Waals surface area contributed by atoms with E-state index in [4.69, 9.17) is 36.0 Å². The van der Waals surface area contributed by atoms with Crippen LogP contribution in [-0.4, -0.2) is 68.4 Å². The highest BCUT2D eigenvalue weighted by atomic mass is 35.5. The lowest BCUT2D eigenvalue weighted by molar-refractivity contribution is -0.00868. The molecular formula is C9H19ClO5. The Hall–Kier alpha value is 0.0900. The van der Waals surface area contributed by atoms with Gasteiger partial charge in [-0.25, -0.2) is 0 Å². The summed E-state index contributed by atoms with van der Waals surface area (Å²) in [6.45, 7) is 2.41. The van der Waals surface area contributed by atoms with Gasteiger partial charge in [-0.2, -0.15) is 0 Å². The molecular weight excluding hydrogens is 224 g/mol. The molecule has 15 heavy (non-hydrogen) atoms. The molecule has 0 heterocycles. The van der Waals surface area contributed by atoms with Crippen LogP contribution in [-0.2, 0) is 14.2 Å². The Morgan fingerprint density at radius 3 is 2.00 bits per heavy atom. The highest BCUT2D eigenvalue weighted by molar-refractivity contribution is 6.18. The zero-order valence-corrected chi connectivity index (χ0v) is 9.49. The first kappa shape index (κ1) is 15.1. The number of hydrogen-bond acceptors (Lipinski definition) is 5. The van der Waals surface area contributed by atoms with Crippen molar-refractivity contribution in [3.05, 3.63) is 0 Å². The molecule has 2 N–H and O–H groups in total. The minimum absolute atomic E-state index is 0.0272. The molecule has 0 aromatic rings. The molecule has 0 aromatic carbocycles. The minimum Gasteiger partial charge on any atom is -0.394 e. The first-order chi connectivity index (χ1) is 7.31. The first-order valence-electron chi connectivity index (χ1n) is 4.89. The lowest BCUT2D eigenvalue weighted by atomic mass is 10.4. The maximum absolute atomic E-state index is 9.02. The normalized spacial score (nSPS) is 13.0. The van der Waals surface area contributed by atoms with Gasteiger partial charge in [-0.3, -0.25) is 0 Å². The fraction of sp³-hybridized carbons (Fsp3) is 1.00. The van der Waals surface area contributed by atoms with Crippen LogP contribution in [0.1, 0.15) is 0 Å². The van der Waals surface area contributed by atoms with Crippen LogP contribution in [0, 0.1) is 0 Å². The maximum Gasteiger partial charge on any atom is 0.0908 e. The van der Waals surface area contributed by atoms with Crippen molar-refractivity contribution in [2.45, 2.75) is 6.10 Å². The molecule has 0 aromatic heterocycles. The molecule has 0 spiro atoms. The largest absolute Gasteiger partial charge is 0.394 e. The van der Waals surface area contributed by atoms with Crippen LogP contribution in [0.5, 0.6) is 0 Å². The highest BCUT2D eigenvalue weighted by Gasteiger charge is 2.00. The predicted octanol–water partition coefficient (Wildman–Crippen LogP) is -0.372. The summed E-state index contributed by atoms with van der Waals surface area (Å²) in [5, 5.41) is 17.4. The zero-order chi connectivity index (χ0) is 11.4. The van der Waals surface area contributed by atoms with E-state index in [1.807, 2.05) is 0 Å². The van der Waals surface area contributed by atoms with Crippen molar-refractivity contribution in [2.24, 2.45) is 0 Å². The smallest absolute Gasteiger partial charge is 0.0908 e. The number of rotatable bonds is 11. The second kappa shape index (κ2) is 12.2. The van der Waals surface area contributed by atoms with Gasteiger partial charge in [0.2, 0.25) is 0 Å². The molecule has 0 radical (unpaired) electrons. The number of alkyl halides is 1. The summed E-state index contributed by atoms with van der Waals surface area (Å²) in [7, 11) is 0. The van der Waals surface area contributed by atoms with E-state index in [1.54, 1.807) is 0 Å². The van der Waals surface area contributed by atoms with Gasteiger partial charge in [0.25, 0.3) is 0 Å². The lowest BCUT2D eigenvalue weighted by Gasteiger charge is -2.08. The molecule has 0 aliphatic heterocycles. The Balaban J connectivity index is 2.92. The monoisotopic (exact) mass is 242 g/mol. The molecule has 0 amide bonds. The van der Waals surface area contributed by atoms with Crippen LogP contribution in [0.25, 0.3) is 0 Å². The van der Waals surface area contributed by atoms with E-state index in [0.717, 1.165) is 0 Å². The Kier molecular flexibility index (Phi) is 12.2. The van der Waals surface area contributed by atoms with Crippen LogP contribution in [0.15, 0.2) is 0 Å². The molecule has 0 rings (SSSR count). The molecule has 0 aliphatic carbocycles. The van der Waals surface area contributed by atoms with Crippen molar-refractivity contribution < 1.29 is 24.4 Å². The quantitative estimate of drug-likeness (QED) is 0.382. The van der Waals surface area contributed by atoms with Gasteiger partial charge in [-0.05, 0) is 0 Å². The third-order valence-corrected chi connectivity index (χ3v) is 1.82. The highest BCUT2D eigenvalue weighted by Crippen LogP contribution is 1.89. The van der Waals surface area contributed by atoms with Crippen molar-refractivity contribution in [2.75, 3.05) is 52.1 Å². The van der Waals surface area contributed by atoms with Gasteiger partial charge in [0, 0.05) is 0 Å². The fourth-order valence-corrected chi connectivity index (χ4v) is 0.857. The second-order valence-corrected chi connectivity index (χ2v) is 3.14. The standard InChI is InChI=1S/C9H19ClO5/c10-7-9(12)8-15-6-5-14-4-3-13-2-1-11/h9,11-12H,1-8H2. The third-order valence-electron chi connectivity index (χ3n) is 1.47. The van der Waals surface area contributed by atoms with Gasteiger partial charge in [0.15, 0.2) is 0 Å². The number of ether oxygens (including phenoxy) is 3. The Morgan fingerprint density at radius 1 is 0.933 bits per heavy atom. The maximum atomic E-state index is 9.02. The Bertz CT molecular complexity index is 125. The van der Waals surface area contributed by atoms with Crippen molar-refractivity contribution in [3.8, 4) is 0 Å². The molecule has 6 heteroatoms. The van der Waals surface area contributed by atoms with Crippen molar-refractivity contribution in [1.82, 2.24) is 0 Å². The number of aliphatic hydroxyl groups excluding tert-OH is 2. The second-order valence-electron chi connectivity index (χ2n) is 2.83. The Morgan fingerprint density at radius 2 is 1.47 bits per heavy atom. The average Bonchev–Trinajstić information content (AvgIpc) is 2.26. The van der Waals surface area contributed by atoms with Gasteiger partial charge < -0.3 is 24.4 Å². The minimum atomic E-state index is -0.612. The lowest BCUT2D eigenvalue weighted by Crippen LogP contribution is -2.19. The number of aliphatic hydroxyl groups is 2. The number of halogens is 1. The predicted molar refractivity (Wildman–Crippen MR) is 56.3 cm³/mol. The van der Waals surface area contributed by atoms with E-state index in [-0.39, 0.29) is 19.1 Å². The molecule has 92 valence electrons. The van der Waals surface area contributed by atoms with E-state index in [2.05, 4.69) is 0 Å². The number of hydrogen-bond donors (Lipinski definition) is 2. The van der Waals surface area contributed by atoms with Gasteiger partial charge in [0.05, 0.1) is 58.2 Å². The summed E-state index contributed by atoms with van der Waals surface area (Å²) in [4.78, 5) is 0. The third kappa shape index (κ3) is 12.0. The van der Waals surface area contributed by atoms with Crippen molar-refractivity contribution >= 4 is 11.6 Å². The summed E-state index contributed by atoms with van der Waals surface area (Å²) in [5.74, 6) is 0.176. The summed E-state index contributed by atoms with van der Waals surface area (Å²) in [6, 6.07) is 0. The SMILES string of the molecule is OCCOCCOCCOCC(O)CCl. The Labute approximate surface area is 94.9 Å². The van der Waals surface area contributed by atoms with E-state index < -0.39 is 6.10 Å². The van der Waals surface area contributed by atoms with Crippen LogP contribution < -0.4 is 0 Å². The van der Waals surface area contributed by atoms with Crippen LogP contribution in [0.2, 0.25) is 0 Å². The van der Waals surface area contributed by atoms with Crippen LogP contribution in [0.3, 0.4) is 0 Å². The van der Waals surface area contributed by atoms with Gasteiger partial charge in [-0.1, -0.05) is 0 Å². The molecule has 1 atom stereocenters. The fourth-order valence-electron chi connectivity index (χ4n) is 0.768. The zero-order valence-electron chi connectivity index (χ0n) is 8.73. The van der Waals surface area contributed by atoms with E-state index >= 15 is 0 Å². The molecule has 1 unspecified atom stereocenters. The summed E-state index contributed by atoms with van der Waals surface area (Å²) >= 11 is 5.36.